The maximum absolute atomic E-state index is 4.92. The van der Waals surface area contributed by atoms with Gasteiger partial charge in [-0.3, -0.25) is 0 Å². The van der Waals surface area contributed by atoms with E-state index in [-0.39, 0.29) is 0 Å². The van der Waals surface area contributed by atoms with Gasteiger partial charge in [0.2, 0.25) is 0 Å². The van der Waals surface area contributed by atoms with Crippen molar-refractivity contribution in [3.05, 3.63) is 129 Å². The number of nitrogens with one attached hydrogen (secondary N) is 4. The summed E-state index contributed by atoms with van der Waals surface area (Å²) in [6, 6.07) is 26.9. The maximum Gasteiger partial charge on any atom is 0.172 e. The first-order chi connectivity index (χ1) is 27.3. The van der Waals surface area contributed by atoms with Gasteiger partial charge in [-0.05, 0) is 93.9 Å². The summed E-state index contributed by atoms with van der Waals surface area (Å²) < 4.78 is 5.50. The molecule has 0 radical (unpaired) electrons. The fourth-order valence-corrected chi connectivity index (χ4v) is 8.18. The number of H-pyrrole nitrogens is 2. The van der Waals surface area contributed by atoms with Gasteiger partial charge in [-0.2, -0.15) is 19.2 Å². The summed E-state index contributed by atoms with van der Waals surface area (Å²) in [7, 11) is 0. The quantitative estimate of drug-likeness (QED) is 0.118. The molecule has 0 bridgehead atoms. The van der Waals surface area contributed by atoms with Crippen LogP contribution in [0.25, 0.3) is 44.6 Å². The molecule has 6 heterocycles. The van der Waals surface area contributed by atoms with Crippen LogP contribution in [0.5, 0.6) is 0 Å². The van der Waals surface area contributed by atoms with Crippen LogP contribution in [-0.2, 0) is 13.1 Å². The second kappa shape index (κ2) is 15.5. The molecule has 10 rings (SSSR count). The average molecular weight is 873 g/mol. The monoisotopic (exact) mass is 870 g/mol. The Labute approximate surface area is 339 Å². The average Bonchev–Trinajstić information content (AvgIpc) is 4.00. The van der Waals surface area contributed by atoms with Crippen LogP contribution >= 0.6 is 31.9 Å². The number of hydrogen-bond acceptors (Lipinski definition) is 8. The molecule has 4 N–H and O–H groups in total. The Morgan fingerprint density at radius 3 is 1.79 bits per heavy atom. The molecule has 12 nitrogen and oxygen atoms in total. The number of nitrogens with zero attached hydrogens (tertiary/aromatic N) is 8. The minimum Gasteiger partial charge on any atom is -0.366 e. The number of aryl methyl sites for hydroxylation is 2. The lowest BCUT2D eigenvalue weighted by Crippen LogP contribution is -2.11. The van der Waals surface area contributed by atoms with E-state index < -0.39 is 0 Å². The number of hydrogen-bond donors (Lipinski definition) is 4. The zero-order chi connectivity index (χ0) is 38.2. The molecule has 0 spiro atoms. The van der Waals surface area contributed by atoms with Gasteiger partial charge in [-0.1, -0.05) is 61.7 Å². The van der Waals surface area contributed by atoms with Crippen molar-refractivity contribution in [1.29, 1.82) is 0 Å². The van der Waals surface area contributed by atoms with Crippen LogP contribution in [-0.4, -0.2) is 49.1 Å². The van der Waals surface area contributed by atoms with Gasteiger partial charge < -0.3 is 20.6 Å². The Morgan fingerprint density at radius 2 is 1.20 bits per heavy atom. The maximum atomic E-state index is 4.92. The van der Waals surface area contributed by atoms with Crippen molar-refractivity contribution >= 4 is 76.9 Å². The van der Waals surface area contributed by atoms with E-state index in [1.165, 1.54) is 43.4 Å². The molecule has 1 aliphatic rings. The van der Waals surface area contributed by atoms with Gasteiger partial charge in [0.1, 0.15) is 23.3 Å². The lowest BCUT2D eigenvalue weighted by Gasteiger charge is -2.22. The zero-order valence-electron chi connectivity index (χ0n) is 31.0. The van der Waals surface area contributed by atoms with Gasteiger partial charge in [-0.25, -0.2) is 19.9 Å². The molecule has 0 amide bonds. The number of aromatic amines is 2. The number of rotatable bonds is 8. The molecule has 6 aromatic heterocycles. The molecule has 0 atom stereocenters. The lowest BCUT2D eigenvalue weighted by atomic mass is 9.87. The van der Waals surface area contributed by atoms with Crippen LogP contribution in [0.1, 0.15) is 66.5 Å². The number of fused-ring (bicyclic) bond motifs is 4. The summed E-state index contributed by atoms with van der Waals surface area (Å²) in [5.41, 5.74) is 11.3. The largest absolute Gasteiger partial charge is 0.366 e. The fraction of sp³-hybridized carbons (Fsp3) is 0.238. The van der Waals surface area contributed by atoms with E-state index in [1.54, 1.807) is 6.20 Å². The van der Waals surface area contributed by atoms with E-state index in [2.05, 4.69) is 121 Å². The van der Waals surface area contributed by atoms with Crippen LogP contribution in [0.4, 0.5) is 11.6 Å². The minimum atomic E-state index is 0.547. The predicted molar refractivity (Wildman–Crippen MR) is 229 cm³/mol. The van der Waals surface area contributed by atoms with E-state index in [0.29, 0.717) is 19.0 Å². The number of halogens is 2. The summed E-state index contributed by atoms with van der Waals surface area (Å²) in [6.45, 7) is 5.33. The molecule has 282 valence electrons. The molecule has 1 fully saturated rings. The molecule has 14 heteroatoms. The smallest absolute Gasteiger partial charge is 0.172 e. The number of anilines is 2. The third-order valence-corrected chi connectivity index (χ3v) is 11.4. The summed E-state index contributed by atoms with van der Waals surface area (Å²) in [5.74, 6) is 4.28. The van der Waals surface area contributed by atoms with Gasteiger partial charge in [0.05, 0.1) is 49.1 Å². The van der Waals surface area contributed by atoms with Crippen LogP contribution < -0.4 is 10.6 Å². The highest BCUT2D eigenvalue weighted by atomic mass is 79.9. The Balaban J connectivity index is 0.000000146. The number of benzene rings is 3. The standard InChI is InChI=1S/C21H23BrN6.C21H17BrN6/c2*1-13-25-17-8-7-14(9-19(17)26-13)11-23-20-10-18(15-5-3-2-4-6-15)27-21-16(22)12-24-28(20)21/h7-10,12,15,23H,2-6,11H2,1H3,(H,25,26);2-10,12,23H,11H2,1H3,(H,25,26). The van der Waals surface area contributed by atoms with Crippen LogP contribution in [0.2, 0.25) is 0 Å². The van der Waals surface area contributed by atoms with E-state index in [9.17, 15) is 0 Å². The van der Waals surface area contributed by atoms with E-state index in [0.717, 1.165) is 82.4 Å². The first kappa shape index (κ1) is 36.1. The Bertz CT molecular complexity index is 2810. The van der Waals surface area contributed by atoms with Gasteiger partial charge >= 0.3 is 0 Å². The molecule has 1 aliphatic carbocycles. The van der Waals surface area contributed by atoms with Crippen molar-refractivity contribution in [2.75, 3.05) is 10.6 Å². The second-order valence-corrected chi connectivity index (χ2v) is 16.0. The molecule has 1 saturated carbocycles. The second-order valence-electron chi connectivity index (χ2n) is 14.3. The van der Waals surface area contributed by atoms with Crippen molar-refractivity contribution in [3.63, 3.8) is 0 Å². The highest BCUT2D eigenvalue weighted by Gasteiger charge is 2.20. The minimum absolute atomic E-state index is 0.547. The first-order valence-electron chi connectivity index (χ1n) is 18.9. The van der Waals surface area contributed by atoms with Gasteiger partial charge in [0, 0.05) is 42.4 Å². The third kappa shape index (κ3) is 7.50. The molecule has 3 aromatic carbocycles. The van der Waals surface area contributed by atoms with Crippen LogP contribution in [0, 0.1) is 13.8 Å². The summed E-state index contributed by atoms with van der Waals surface area (Å²) in [6.07, 6.45) is 9.97. The van der Waals surface area contributed by atoms with E-state index >= 15 is 0 Å². The lowest BCUT2D eigenvalue weighted by molar-refractivity contribution is 0.437. The third-order valence-electron chi connectivity index (χ3n) is 10.2. The molecule has 0 aliphatic heterocycles. The van der Waals surface area contributed by atoms with Gasteiger partial charge in [-0.15, -0.1) is 0 Å². The van der Waals surface area contributed by atoms with Crippen molar-refractivity contribution < 1.29 is 0 Å². The highest BCUT2D eigenvalue weighted by molar-refractivity contribution is 9.11. The van der Waals surface area contributed by atoms with Crippen LogP contribution in [0.3, 0.4) is 0 Å². The molecule has 0 unspecified atom stereocenters. The van der Waals surface area contributed by atoms with Crippen molar-refractivity contribution in [3.8, 4) is 11.3 Å². The predicted octanol–water partition coefficient (Wildman–Crippen LogP) is 10.3. The number of imidazole rings is 2. The zero-order valence-corrected chi connectivity index (χ0v) is 34.2. The first-order valence-corrected chi connectivity index (χ1v) is 20.5. The topological polar surface area (TPSA) is 142 Å². The summed E-state index contributed by atoms with van der Waals surface area (Å²) in [4.78, 5) is 25.2. The highest BCUT2D eigenvalue weighted by Crippen LogP contribution is 2.34. The normalized spacial score (nSPS) is 13.4. The Hall–Kier alpha value is -5.60. The fourth-order valence-electron chi connectivity index (χ4n) is 7.48. The Kier molecular flexibility index (Phi) is 9.98. The molecular formula is C42H40Br2N12. The summed E-state index contributed by atoms with van der Waals surface area (Å²) >= 11 is 7.15. The van der Waals surface area contributed by atoms with Gasteiger partial charge in [0.25, 0.3) is 0 Å². The molecule has 0 saturated heterocycles. The Morgan fingerprint density at radius 1 is 0.643 bits per heavy atom. The number of aromatic nitrogens is 10. The van der Waals surface area contributed by atoms with Crippen LogP contribution in [0.15, 0.2) is 100 Å². The van der Waals surface area contributed by atoms with E-state index in [4.69, 9.17) is 9.97 Å². The van der Waals surface area contributed by atoms with E-state index in [1.807, 2.05) is 59.4 Å². The van der Waals surface area contributed by atoms with Crippen molar-refractivity contribution in [2.24, 2.45) is 0 Å². The van der Waals surface area contributed by atoms with Crippen molar-refractivity contribution in [1.82, 2.24) is 49.1 Å². The SMILES string of the molecule is Cc1nc2ccc(CNc3cc(-c4ccccc4)nc4c(Br)cnn34)cc2[nH]1.Cc1nc2ccc(CNc3cc(C4CCCCC4)nc4c(Br)cnn34)cc2[nH]1. The molecular weight excluding hydrogens is 832 g/mol. The molecule has 9 aromatic rings. The van der Waals surface area contributed by atoms with Gasteiger partial charge in [0.15, 0.2) is 11.3 Å². The molecule has 56 heavy (non-hydrogen) atoms. The van der Waals surface area contributed by atoms with Crippen molar-refractivity contribution in [2.45, 2.75) is 65.0 Å². The summed E-state index contributed by atoms with van der Waals surface area (Å²) in [5, 5.41) is 16.0.